The topological polar surface area (TPSA) is 88.4 Å². The molecule has 0 saturated carbocycles. The van der Waals surface area contributed by atoms with E-state index in [0.29, 0.717) is 43.0 Å². The van der Waals surface area contributed by atoms with E-state index in [1.807, 2.05) is 0 Å². The Labute approximate surface area is 242 Å². The van der Waals surface area contributed by atoms with Gasteiger partial charge in [-0.25, -0.2) is 4.39 Å². The molecule has 2 heterocycles. The Morgan fingerprint density at radius 2 is 1.69 bits per heavy atom. The zero-order chi connectivity index (χ0) is 30.3. The number of hydrogen-bond donors (Lipinski definition) is 0. The van der Waals surface area contributed by atoms with E-state index in [9.17, 15) is 32.5 Å². The van der Waals surface area contributed by atoms with Crippen LogP contribution in [0.5, 0.6) is 5.75 Å². The Bertz CT molecular complexity index is 1230. The number of piperazine rings is 1. The van der Waals surface area contributed by atoms with Crippen molar-refractivity contribution in [1.82, 2.24) is 14.7 Å². The molecule has 0 unspecified atom stereocenters. The second-order valence-corrected chi connectivity index (χ2v) is 10.8. The number of piperidine rings is 1. The Balaban J connectivity index is 1.30. The van der Waals surface area contributed by atoms with Crippen molar-refractivity contribution in [2.24, 2.45) is 5.92 Å². The highest BCUT2D eigenvalue weighted by Crippen LogP contribution is 2.33. The highest BCUT2D eigenvalue weighted by molar-refractivity contribution is 5.71. The van der Waals surface area contributed by atoms with Gasteiger partial charge in [-0.05, 0) is 62.5 Å². The average molecular weight is 597 g/mol. The first kappa shape index (κ1) is 31.6. The number of carbonyl (C=O) groups is 1. The molecule has 2 aliphatic rings. The van der Waals surface area contributed by atoms with Gasteiger partial charge in [-0.15, -0.1) is 0 Å². The Kier molecular flexibility index (Phi) is 10.7. The molecule has 2 aliphatic heterocycles. The van der Waals surface area contributed by atoms with Crippen LogP contribution in [0.3, 0.4) is 0 Å². The van der Waals surface area contributed by atoms with E-state index in [-0.39, 0.29) is 23.8 Å². The maximum Gasteiger partial charge on any atom is 0.419 e. The van der Waals surface area contributed by atoms with Gasteiger partial charge in [0.05, 0.1) is 23.6 Å². The molecule has 0 aromatic heterocycles. The fraction of sp³-hybridized carbons (Fsp3) is 0.552. The summed E-state index contributed by atoms with van der Waals surface area (Å²) in [6.07, 6.45) is -2.79. The fourth-order valence-electron chi connectivity index (χ4n) is 5.44. The molecule has 2 aromatic carbocycles. The molecular weight excluding hydrogens is 560 g/mol. The van der Waals surface area contributed by atoms with E-state index < -0.39 is 22.5 Å². The van der Waals surface area contributed by atoms with E-state index in [1.54, 1.807) is 6.92 Å². The molecule has 9 nitrogen and oxygen atoms in total. The van der Waals surface area contributed by atoms with Crippen LogP contribution in [0, 0.1) is 21.8 Å². The van der Waals surface area contributed by atoms with Crippen LogP contribution in [-0.4, -0.2) is 84.6 Å². The first-order valence-corrected chi connectivity index (χ1v) is 14.1. The van der Waals surface area contributed by atoms with Gasteiger partial charge in [-0.1, -0.05) is 6.07 Å². The van der Waals surface area contributed by atoms with Crippen molar-refractivity contribution in [2.45, 2.75) is 39.1 Å². The molecule has 2 fully saturated rings. The average Bonchev–Trinajstić information content (AvgIpc) is 2.94. The van der Waals surface area contributed by atoms with Crippen LogP contribution in [0.1, 0.15) is 36.5 Å². The van der Waals surface area contributed by atoms with E-state index in [4.69, 9.17) is 9.47 Å². The lowest BCUT2D eigenvalue weighted by Crippen LogP contribution is -2.48. The highest BCUT2D eigenvalue weighted by atomic mass is 19.4. The van der Waals surface area contributed by atoms with Crippen LogP contribution < -0.4 is 4.74 Å². The molecule has 0 aliphatic carbocycles. The van der Waals surface area contributed by atoms with E-state index in [0.717, 1.165) is 64.7 Å². The smallest absolute Gasteiger partial charge is 0.419 e. The number of ether oxygens (including phenoxy) is 2. The van der Waals surface area contributed by atoms with Gasteiger partial charge in [0.15, 0.2) is 0 Å². The predicted octanol–water partition coefficient (Wildman–Crippen LogP) is 4.72. The van der Waals surface area contributed by atoms with E-state index >= 15 is 0 Å². The van der Waals surface area contributed by atoms with Crippen molar-refractivity contribution in [1.29, 1.82) is 0 Å². The highest BCUT2D eigenvalue weighted by Gasteiger charge is 2.34. The lowest BCUT2D eigenvalue weighted by Gasteiger charge is -2.38. The summed E-state index contributed by atoms with van der Waals surface area (Å²) >= 11 is 0. The number of alkyl halides is 3. The Morgan fingerprint density at radius 1 is 1.00 bits per heavy atom. The number of carbonyl (C=O) groups excluding carboxylic acids is 1. The number of non-ortho nitro benzene ring substituents is 1. The lowest BCUT2D eigenvalue weighted by atomic mass is 9.96. The maximum absolute atomic E-state index is 13.7. The number of likely N-dealkylation sites (tertiary alicyclic amines) is 1. The van der Waals surface area contributed by atoms with Gasteiger partial charge in [0.25, 0.3) is 5.69 Å². The molecule has 2 aromatic rings. The minimum absolute atomic E-state index is 0.105. The van der Waals surface area contributed by atoms with Crippen molar-refractivity contribution in [3.8, 4) is 5.75 Å². The van der Waals surface area contributed by atoms with Crippen LogP contribution in [0.2, 0.25) is 0 Å². The number of nitro groups is 1. The van der Waals surface area contributed by atoms with Crippen molar-refractivity contribution >= 4 is 11.7 Å². The number of benzene rings is 2. The number of hydrogen-bond acceptors (Lipinski definition) is 8. The van der Waals surface area contributed by atoms with E-state index in [2.05, 4.69) is 14.7 Å². The van der Waals surface area contributed by atoms with E-state index in [1.165, 1.54) is 24.3 Å². The molecule has 0 spiro atoms. The molecule has 2 saturated heterocycles. The summed E-state index contributed by atoms with van der Waals surface area (Å²) in [7, 11) is 0. The van der Waals surface area contributed by atoms with Gasteiger partial charge in [0.1, 0.15) is 18.2 Å². The van der Waals surface area contributed by atoms with Gasteiger partial charge in [0, 0.05) is 57.0 Å². The van der Waals surface area contributed by atoms with Crippen LogP contribution in [0.15, 0.2) is 36.4 Å². The van der Waals surface area contributed by atoms with Crippen molar-refractivity contribution < 1.29 is 36.8 Å². The summed E-state index contributed by atoms with van der Waals surface area (Å²) in [5.41, 5.74) is -0.780. The number of esters is 1. The van der Waals surface area contributed by atoms with Crippen LogP contribution in [-0.2, 0) is 28.9 Å². The van der Waals surface area contributed by atoms with Crippen molar-refractivity contribution in [2.75, 3.05) is 59.0 Å². The molecule has 4 rings (SSSR count). The van der Waals surface area contributed by atoms with Gasteiger partial charge < -0.3 is 14.4 Å². The number of nitro benzene ring substituents is 1. The molecule has 0 bridgehead atoms. The Hall–Kier alpha value is -3.29. The molecule has 230 valence electrons. The third kappa shape index (κ3) is 8.85. The summed E-state index contributed by atoms with van der Waals surface area (Å²) in [5.74, 6) is -0.664. The monoisotopic (exact) mass is 596 g/mol. The molecule has 0 amide bonds. The predicted molar refractivity (Wildman–Crippen MR) is 146 cm³/mol. The van der Waals surface area contributed by atoms with Gasteiger partial charge in [-0.3, -0.25) is 24.7 Å². The largest absolute Gasteiger partial charge is 0.489 e. The number of rotatable bonds is 11. The summed E-state index contributed by atoms with van der Waals surface area (Å²) in [4.78, 5) is 29.4. The zero-order valence-corrected chi connectivity index (χ0v) is 23.6. The van der Waals surface area contributed by atoms with Crippen LogP contribution in [0.25, 0.3) is 0 Å². The van der Waals surface area contributed by atoms with Crippen molar-refractivity contribution in [3.63, 3.8) is 0 Å². The van der Waals surface area contributed by atoms with Crippen LogP contribution in [0.4, 0.5) is 23.2 Å². The summed E-state index contributed by atoms with van der Waals surface area (Å²) in [6.45, 7) is 8.54. The minimum atomic E-state index is -4.83. The zero-order valence-electron chi connectivity index (χ0n) is 23.6. The first-order chi connectivity index (χ1) is 20.0. The normalized spacial score (nSPS) is 17.7. The molecular formula is C29H36F4N4O5. The lowest BCUT2D eigenvalue weighted by molar-refractivity contribution is -0.385. The Morgan fingerprint density at radius 3 is 2.33 bits per heavy atom. The standard InChI is InChI=1S/C29H36F4N4O5/c1-2-41-28(38)19-34-9-7-21(8-10-34)17-35-11-13-36(14-12-35)18-23-16-24(37(39)40)4-6-27(23)42-20-22-3-5-26(30)25(15-22)29(31,32)33/h3-6,15-16,21H,2,7-14,17-20H2,1H3. The van der Waals surface area contributed by atoms with Gasteiger partial charge in [-0.2, -0.15) is 13.2 Å². The summed E-state index contributed by atoms with van der Waals surface area (Å²) in [5, 5.41) is 11.4. The third-order valence-corrected chi connectivity index (χ3v) is 7.73. The molecule has 42 heavy (non-hydrogen) atoms. The summed E-state index contributed by atoms with van der Waals surface area (Å²) < 4.78 is 63.8. The maximum atomic E-state index is 13.7. The number of nitrogens with zero attached hydrogens (tertiary/aromatic N) is 4. The summed E-state index contributed by atoms with van der Waals surface area (Å²) in [6, 6.07) is 6.86. The molecule has 0 N–H and O–H groups in total. The first-order valence-electron chi connectivity index (χ1n) is 14.1. The van der Waals surface area contributed by atoms with Crippen LogP contribution >= 0.6 is 0 Å². The SMILES string of the molecule is CCOC(=O)CN1CCC(CN2CCN(Cc3cc([N+](=O)[O-])ccc3OCc3ccc(F)c(C(F)(F)F)c3)CC2)CC1. The van der Waals surface area contributed by atoms with Gasteiger partial charge in [0.2, 0.25) is 0 Å². The molecule has 0 atom stereocenters. The fourth-order valence-corrected chi connectivity index (χ4v) is 5.44. The second-order valence-electron chi connectivity index (χ2n) is 10.8. The quantitative estimate of drug-likeness (QED) is 0.159. The van der Waals surface area contributed by atoms with Crippen molar-refractivity contribution in [3.05, 3.63) is 69.0 Å². The molecule has 0 radical (unpaired) electrons. The second kappa shape index (κ2) is 14.3. The molecule has 13 heteroatoms. The van der Waals surface area contributed by atoms with Gasteiger partial charge >= 0.3 is 12.1 Å². The minimum Gasteiger partial charge on any atom is -0.489 e. The third-order valence-electron chi connectivity index (χ3n) is 7.73. The number of halogens is 4.